The van der Waals surface area contributed by atoms with E-state index in [0.29, 0.717) is 5.69 Å². The van der Waals surface area contributed by atoms with Crippen molar-refractivity contribution in [1.29, 1.82) is 0 Å². The Bertz CT molecular complexity index is 824. The van der Waals surface area contributed by atoms with Crippen molar-refractivity contribution in [2.24, 2.45) is 0 Å². The predicted molar refractivity (Wildman–Crippen MR) is 102 cm³/mol. The summed E-state index contributed by atoms with van der Waals surface area (Å²) in [5.41, 5.74) is 3.52. The molecule has 2 aromatic rings. The van der Waals surface area contributed by atoms with E-state index >= 15 is 0 Å². The Labute approximate surface area is 158 Å². The molecule has 0 bridgehead atoms. The van der Waals surface area contributed by atoms with Crippen molar-refractivity contribution in [1.82, 2.24) is 9.97 Å². The summed E-state index contributed by atoms with van der Waals surface area (Å²) in [6, 6.07) is 5.63. The predicted octanol–water partition coefficient (Wildman–Crippen LogP) is 5.83. The number of anilines is 2. The maximum absolute atomic E-state index is 13.3. The fraction of sp³-hybridized carbons (Fsp3) is 0.524. The summed E-state index contributed by atoms with van der Waals surface area (Å²) in [7, 11) is 0. The van der Waals surface area contributed by atoms with Crippen LogP contribution in [0, 0.1) is 6.92 Å². The molecular weight excluding hydrogens is 351 g/mol. The van der Waals surface area contributed by atoms with Crippen LogP contribution >= 0.6 is 0 Å². The molecule has 1 aromatic heterocycles. The van der Waals surface area contributed by atoms with E-state index in [1.165, 1.54) is 18.0 Å². The molecule has 1 aromatic carbocycles. The van der Waals surface area contributed by atoms with Crippen molar-refractivity contribution in [2.45, 2.75) is 64.5 Å². The van der Waals surface area contributed by atoms with E-state index in [-0.39, 0.29) is 16.8 Å². The quantitative estimate of drug-likeness (QED) is 0.673. The summed E-state index contributed by atoms with van der Waals surface area (Å²) in [5, 5.41) is 0. The second kappa shape index (κ2) is 6.50. The monoisotopic (exact) mass is 377 g/mol. The van der Waals surface area contributed by atoms with Gasteiger partial charge in [0.25, 0.3) is 0 Å². The zero-order chi connectivity index (χ0) is 20.0. The fourth-order valence-electron chi connectivity index (χ4n) is 3.73. The molecule has 0 radical (unpaired) electrons. The molecular formula is C21H26F3N3. The fourth-order valence-corrected chi connectivity index (χ4v) is 3.73. The van der Waals surface area contributed by atoms with Crippen LogP contribution in [-0.2, 0) is 10.8 Å². The summed E-state index contributed by atoms with van der Waals surface area (Å²) in [6.07, 6.45) is 0.768. The van der Waals surface area contributed by atoms with Gasteiger partial charge in [-0.3, -0.25) is 0 Å². The van der Waals surface area contributed by atoms with E-state index < -0.39 is 12.7 Å². The molecule has 0 unspecified atom stereocenters. The summed E-state index contributed by atoms with van der Waals surface area (Å²) in [6.45, 7) is 9.37. The van der Waals surface area contributed by atoms with E-state index in [2.05, 4.69) is 37.7 Å². The lowest BCUT2D eigenvalue weighted by atomic mass is 9.63. The maximum Gasteiger partial charge on any atom is 0.406 e. The summed E-state index contributed by atoms with van der Waals surface area (Å²) >= 11 is 0. The molecule has 146 valence electrons. The van der Waals surface area contributed by atoms with Crippen LogP contribution in [-0.4, -0.2) is 22.7 Å². The molecule has 27 heavy (non-hydrogen) atoms. The van der Waals surface area contributed by atoms with Crippen LogP contribution in [0.1, 0.15) is 57.2 Å². The molecule has 0 atom stereocenters. The number of alkyl halides is 3. The molecule has 0 saturated heterocycles. The number of benzene rings is 1. The Morgan fingerprint density at radius 1 is 0.963 bits per heavy atom. The van der Waals surface area contributed by atoms with Gasteiger partial charge in [-0.05, 0) is 59.4 Å². The van der Waals surface area contributed by atoms with Gasteiger partial charge < -0.3 is 4.90 Å². The zero-order valence-corrected chi connectivity index (χ0v) is 16.5. The van der Waals surface area contributed by atoms with Crippen LogP contribution < -0.4 is 4.90 Å². The van der Waals surface area contributed by atoms with Crippen molar-refractivity contribution in [3.05, 3.63) is 47.3 Å². The summed E-state index contributed by atoms with van der Waals surface area (Å²) < 4.78 is 39.8. The second-order valence-corrected chi connectivity index (χ2v) is 8.76. The average molecular weight is 377 g/mol. The Kier molecular flexibility index (Phi) is 4.73. The first-order valence-corrected chi connectivity index (χ1v) is 9.17. The Hall–Kier alpha value is -2.11. The molecule has 6 heteroatoms. The molecule has 0 fully saturated rings. The Morgan fingerprint density at radius 2 is 1.52 bits per heavy atom. The standard InChI is InChI=1S/C21H26F3N3/c1-14-11-25-18(26-12-14)27(13-21(22,23)24)15-6-7-16-17(10-15)20(4,5)9-8-19(16,2)3/h6-7,10-12H,8-9,13H2,1-5H3. The van der Waals surface area contributed by atoms with Gasteiger partial charge in [0.15, 0.2) is 0 Å². The first-order valence-electron chi connectivity index (χ1n) is 9.17. The zero-order valence-electron chi connectivity index (χ0n) is 16.5. The third kappa shape index (κ3) is 4.09. The van der Waals surface area contributed by atoms with Crippen LogP contribution in [0.2, 0.25) is 0 Å². The van der Waals surface area contributed by atoms with E-state index in [4.69, 9.17) is 0 Å². The van der Waals surface area contributed by atoms with Crippen molar-refractivity contribution in [2.75, 3.05) is 11.4 Å². The van der Waals surface area contributed by atoms with E-state index in [9.17, 15) is 13.2 Å². The maximum atomic E-state index is 13.3. The highest BCUT2D eigenvalue weighted by Gasteiger charge is 2.38. The highest BCUT2D eigenvalue weighted by Crippen LogP contribution is 2.47. The molecule has 3 rings (SSSR count). The molecule has 0 aliphatic heterocycles. The van der Waals surface area contributed by atoms with E-state index in [1.54, 1.807) is 13.0 Å². The minimum atomic E-state index is -4.36. The first-order chi connectivity index (χ1) is 12.4. The largest absolute Gasteiger partial charge is 0.406 e. The molecule has 0 amide bonds. The van der Waals surface area contributed by atoms with Crippen LogP contribution in [0.15, 0.2) is 30.6 Å². The lowest BCUT2D eigenvalue weighted by Gasteiger charge is -2.42. The van der Waals surface area contributed by atoms with Crippen molar-refractivity contribution < 1.29 is 13.2 Å². The number of aryl methyl sites for hydroxylation is 1. The van der Waals surface area contributed by atoms with E-state index in [1.807, 2.05) is 12.1 Å². The van der Waals surface area contributed by atoms with Crippen LogP contribution in [0.3, 0.4) is 0 Å². The molecule has 0 saturated carbocycles. The summed E-state index contributed by atoms with van der Waals surface area (Å²) in [5.74, 6) is 0.0609. The molecule has 0 spiro atoms. The van der Waals surface area contributed by atoms with Crippen molar-refractivity contribution in [3.63, 3.8) is 0 Å². The minimum Gasteiger partial charge on any atom is -0.301 e. The van der Waals surface area contributed by atoms with Crippen LogP contribution in [0.25, 0.3) is 0 Å². The minimum absolute atomic E-state index is 0.0125. The Balaban J connectivity index is 2.11. The van der Waals surface area contributed by atoms with E-state index in [0.717, 1.165) is 28.9 Å². The smallest absolute Gasteiger partial charge is 0.301 e. The number of aromatic nitrogens is 2. The highest BCUT2D eigenvalue weighted by atomic mass is 19.4. The van der Waals surface area contributed by atoms with Gasteiger partial charge in [0, 0.05) is 18.1 Å². The van der Waals surface area contributed by atoms with Gasteiger partial charge in [0.1, 0.15) is 6.54 Å². The summed E-state index contributed by atoms with van der Waals surface area (Å²) in [4.78, 5) is 9.41. The lowest BCUT2D eigenvalue weighted by molar-refractivity contribution is -0.118. The number of hydrogen-bond acceptors (Lipinski definition) is 3. The lowest BCUT2D eigenvalue weighted by Crippen LogP contribution is -2.35. The third-order valence-corrected chi connectivity index (χ3v) is 5.49. The number of rotatable bonds is 3. The van der Waals surface area contributed by atoms with Crippen molar-refractivity contribution >= 4 is 11.6 Å². The number of halogens is 3. The SMILES string of the molecule is Cc1cnc(N(CC(F)(F)F)c2ccc3c(c2)C(C)(C)CCC3(C)C)nc1. The molecule has 0 N–H and O–H groups in total. The van der Waals surface area contributed by atoms with Gasteiger partial charge in [0.05, 0.1) is 0 Å². The number of nitrogens with zero attached hydrogens (tertiary/aromatic N) is 3. The molecule has 3 nitrogen and oxygen atoms in total. The third-order valence-electron chi connectivity index (χ3n) is 5.49. The average Bonchev–Trinajstić information content (AvgIpc) is 2.57. The normalized spacial score (nSPS) is 18.1. The van der Waals surface area contributed by atoms with Gasteiger partial charge in [-0.2, -0.15) is 13.2 Å². The first kappa shape index (κ1) is 19.6. The topological polar surface area (TPSA) is 29.0 Å². The van der Waals surface area contributed by atoms with Crippen LogP contribution in [0.5, 0.6) is 0 Å². The number of fused-ring (bicyclic) bond motifs is 1. The van der Waals surface area contributed by atoms with Gasteiger partial charge in [-0.15, -0.1) is 0 Å². The Morgan fingerprint density at radius 3 is 2.07 bits per heavy atom. The molecule has 1 aliphatic carbocycles. The second-order valence-electron chi connectivity index (χ2n) is 8.76. The molecule has 1 aliphatic rings. The van der Waals surface area contributed by atoms with Gasteiger partial charge in [0.2, 0.25) is 5.95 Å². The number of hydrogen-bond donors (Lipinski definition) is 0. The van der Waals surface area contributed by atoms with Gasteiger partial charge >= 0.3 is 6.18 Å². The van der Waals surface area contributed by atoms with Gasteiger partial charge in [-0.25, -0.2) is 9.97 Å². The van der Waals surface area contributed by atoms with Crippen molar-refractivity contribution in [3.8, 4) is 0 Å². The van der Waals surface area contributed by atoms with Gasteiger partial charge in [-0.1, -0.05) is 33.8 Å². The molecule has 1 heterocycles. The highest BCUT2D eigenvalue weighted by molar-refractivity contribution is 5.61. The van der Waals surface area contributed by atoms with Crippen LogP contribution in [0.4, 0.5) is 24.8 Å².